The SMILES string of the molecule is OCCCC1=C[C@@]2(CCCO2)[C@]2(CCCO2)[C@@]2(CCCO2)[C@]12CCCO2. The van der Waals surface area contributed by atoms with Crippen LogP contribution in [-0.2, 0) is 18.9 Å². The number of aliphatic hydroxyl groups excluding tert-OH is 1. The summed E-state index contributed by atoms with van der Waals surface area (Å²) in [6, 6.07) is 0. The highest BCUT2D eigenvalue weighted by atomic mass is 16.6. The number of fused-ring (bicyclic) bond motifs is 3. The van der Waals surface area contributed by atoms with Crippen molar-refractivity contribution < 1.29 is 24.1 Å². The minimum atomic E-state index is -0.448. The zero-order valence-electron chi connectivity index (χ0n) is 15.8. The van der Waals surface area contributed by atoms with E-state index in [1.54, 1.807) is 0 Å². The van der Waals surface area contributed by atoms with Crippen molar-refractivity contribution in [2.24, 2.45) is 0 Å². The van der Waals surface area contributed by atoms with Crippen molar-refractivity contribution in [2.45, 2.75) is 86.6 Å². The number of rotatable bonds is 3. The molecule has 5 aliphatic rings. The summed E-state index contributed by atoms with van der Waals surface area (Å²) in [6.07, 6.45) is 12.2. The third-order valence-corrected chi connectivity index (χ3v) is 7.64. The lowest BCUT2D eigenvalue weighted by Gasteiger charge is -2.63. The van der Waals surface area contributed by atoms with Crippen molar-refractivity contribution >= 4 is 0 Å². The maximum Gasteiger partial charge on any atom is 0.133 e. The molecule has 26 heavy (non-hydrogen) atoms. The fourth-order valence-corrected chi connectivity index (χ4v) is 6.86. The number of ether oxygens (including phenoxy) is 4. The van der Waals surface area contributed by atoms with E-state index >= 15 is 0 Å². The Bertz CT molecular complexity index is 559. The van der Waals surface area contributed by atoms with Crippen molar-refractivity contribution in [3.8, 4) is 0 Å². The Labute approximate surface area is 156 Å². The third kappa shape index (κ3) is 1.99. The highest BCUT2D eigenvalue weighted by Crippen LogP contribution is 2.66. The molecule has 0 amide bonds. The van der Waals surface area contributed by atoms with Gasteiger partial charge in [-0.05, 0) is 75.9 Å². The lowest BCUT2D eigenvalue weighted by molar-refractivity contribution is -0.298. The molecular formula is C21H32O5. The summed E-state index contributed by atoms with van der Waals surface area (Å²) in [7, 11) is 0. The van der Waals surface area contributed by atoms with Crippen LogP contribution >= 0.6 is 0 Å². The van der Waals surface area contributed by atoms with Gasteiger partial charge in [-0.25, -0.2) is 0 Å². The molecule has 4 fully saturated rings. The second-order valence-electron chi connectivity index (χ2n) is 8.68. The van der Waals surface area contributed by atoms with Crippen LogP contribution in [0.5, 0.6) is 0 Å². The first-order chi connectivity index (χ1) is 12.7. The standard InChI is InChI=1S/C21H32O5/c22-11-1-6-17-16-18(7-2-12-23-18)20(9-4-14-25-20)21(10-5-15-26-21)19(17)8-3-13-24-19/h16,22H,1-15H2/t18-,19-,20+,21+/m0/s1. The Morgan fingerprint density at radius 1 is 0.769 bits per heavy atom. The van der Waals surface area contributed by atoms with Crippen molar-refractivity contribution in [2.75, 3.05) is 33.0 Å². The third-order valence-electron chi connectivity index (χ3n) is 7.64. The molecule has 4 spiro atoms. The van der Waals surface area contributed by atoms with E-state index in [1.807, 2.05) is 0 Å². The fourth-order valence-electron chi connectivity index (χ4n) is 6.86. The van der Waals surface area contributed by atoms with E-state index in [0.717, 1.165) is 90.6 Å². The average Bonchev–Trinajstić information content (AvgIpc) is 3.44. The van der Waals surface area contributed by atoms with Crippen molar-refractivity contribution in [1.29, 1.82) is 0 Å². The Kier molecular flexibility index (Phi) is 4.26. The summed E-state index contributed by atoms with van der Waals surface area (Å²) in [5.41, 5.74) is -0.374. The van der Waals surface area contributed by atoms with Gasteiger partial charge in [-0.15, -0.1) is 0 Å². The van der Waals surface area contributed by atoms with Crippen LogP contribution in [0.4, 0.5) is 0 Å². The van der Waals surface area contributed by atoms with Crippen LogP contribution in [0.3, 0.4) is 0 Å². The molecule has 146 valence electrons. The van der Waals surface area contributed by atoms with Gasteiger partial charge >= 0.3 is 0 Å². The second kappa shape index (κ2) is 6.28. The van der Waals surface area contributed by atoms with E-state index in [9.17, 15) is 5.11 Å². The molecule has 4 heterocycles. The molecule has 0 aromatic carbocycles. The van der Waals surface area contributed by atoms with Crippen LogP contribution in [0, 0.1) is 0 Å². The Morgan fingerprint density at radius 3 is 2.00 bits per heavy atom. The van der Waals surface area contributed by atoms with Crippen molar-refractivity contribution in [3.63, 3.8) is 0 Å². The maximum atomic E-state index is 9.49. The van der Waals surface area contributed by atoms with Crippen LogP contribution < -0.4 is 0 Å². The summed E-state index contributed by atoms with van der Waals surface area (Å²) in [5, 5.41) is 9.49. The summed E-state index contributed by atoms with van der Waals surface area (Å²) < 4.78 is 26.5. The van der Waals surface area contributed by atoms with Gasteiger partial charge < -0.3 is 24.1 Å². The first-order valence-electron chi connectivity index (χ1n) is 10.6. The molecule has 0 aromatic heterocycles. The summed E-state index contributed by atoms with van der Waals surface area (Å²) >= 11 is 0. The minimum absolute atomic E-state index is 0.205. The highest BCUT2D eigenvalue weighted by Gasteiger charge is 2.78. The zero-order chi connectivity index (χ0) is 17.7. The quantitative estimate of drug-likeness (QED) is 0.781. The zero-order valence-corrected chi connectivity index (χ0v) is 15.8. The molecule has 4 aliphatic heterocycles. The first kappa shape index (κ1) is 17.6. The van der Waals surface area contributed by atoms with Gasteiger partial charge in [0.25, 0.3) is 0 Å². The van der Waals surface area contributed by atoms with E-state index < -0.39 is 22.4 Å². The van der Waals surface area contributed by atoms with Crippen LogP contribution in [0.1, 0.15) is 64.2 Å². The molecule has 0 radical (unpaired) electrons. The Balaban J connectivity index is 1.73. The molecule has 5 heteroatoms. The number of aliphatic hydroxyl groups is 1. The number of hydrogen-bond donors (Lipinski definition) is 1. The first-order valence-corrected chi connectivity index (χ1v) is 10.6. The molecular weight excluding hydrogens is 332 g/mol. The highest BCUT2D eigenvalue weighted by molar-refractivity contribution is 5.44. The molecule has 5 nitrogen and oxygen atoms in total. The predicted molar refractivity (Wildman–Crippen MR) is 96.1 cm³/mol. The van der Waals surface area contributed by atoms with E-state index in [4.69, 9.17) is 18.9 Å². The summed E-state index contributed by atoms with van der Waals surface area (Å²) in [4.78, 5) is 0. The van der Waals surface area contributed by atoms with Crippen LogP contribution in [-0.4, -0.2) is 60.5 Å². The molecule has 0 unspecified atom stereocenters. The van der Waals surface area contributed by atoms with E-state index in [-0.39, 0.29) is 6.61 Å². The van der Waals surface area contributed by atoms with E-state index in [2.05, 4.69) is 6.08 Å². The van der Waals surface area contributed by atoms with Gasteiger partial charge in [0.1, 0.15) is 22.4 Å². The summed E-state index contributed by atoms with van der Waals surface area (Å²) in [6.45, 7) is 3.34. The van der Waals surface area contributed by atoms with Gasteiger partial charge in [-0.3, -0.25) is 0 Å². The fraction of sp³-hybridized carbons (Fsp3) is 0.905. The predicted octanol–water partition coefficient (Wildman–Crippen LogP) is 2.90. The summed E-state index contributed by atoms with van der Waals surface area (Å²) in [5.74, 6) is 0. The molecule has 1 N–H and O–H groups in total. The topological polar surface area (TPSA) is 57.2 Å². The van der Waals surface area contributed by atoms with Gasteiger partial charge in [0, 0.05) is 33.0 Å². The monoisotopic (exact) mass is 364 g/mol. The Morgan fingerprint density at radius 2 is 1.42 bits per heavy atom. The van der Waals surface area contributed by atoms with Crippen LogP contribution in [0.15, 0.2) is 11.6 Å². The van der Waals surface area contributed by atoms with Gasteiger partial charge in [0.05, 0.1) is 0 Å². The van der Waals surface area contributed by atoms with Crippen molar-refractivity contribution in [3.05, 3.63) is 11.6 Å². The van der Waals surface area contributed by atoms with Gasteiger partial charge in [0.15, 0.2) is 0 Å². The largest absolute Gasteiger partial charge is 0.396 e. The molecule has 1 aliphatic carbocycles. The second-order valence-corrected chi connectivity index (χ2v) is 8.68. The van der Waals surface area contributed by atoms with Gasteiger partial charge in [0.2, 0.25) is 0 Å². The lowest BCUT2D eigenvalue weighted by Crippen LogP contribution is -2.77. The molecule has 0 bridgehead atoms. The maximum absolute atomic E-state index is 9.49. The van der Waals surface area contributed by atoms with Crippen LogP contribution in [0.25, 0.3) is 0 Å². The molecule has 0 saturated carbocycles. The minimum Gasteiger partial charge on any atom is -0.396 e. The molecule has 4 atom stereocenters. The smallest absolute Gasteiger partial charge is 0.133 e. The van der Waals surface area contributed by atoms with Gasteiger partial charge in [-0.2, -0.15) is 0 Å². The normalized spacial score (nSPS) is 47.8. The molecule has 0 aromatic rings. The average molecular weight is 364 g/mol. The van der Waals surface area contributed by atoms with E-state index in [1.165, 1.54) is 5.57 Å². The van der Waals surface area contributed by atoms with Crippen LogP contribution in [0.2, 0.25) is 0 Å². The van der Waals surface area contributed by atoms with Crippen molar-refractivity contribution in [1.82, 2.24) is 0 Å². The molecule has 4 saturated heterocycles. The van der Waals surface area contributed by atoms with Gasteiger partial charge in [-0.1, -0.05) is 0 Å². The van der Waals surface area contributed by atoms with E-state index in [0.29, 0.717) is 0 Å². The lowest BCUT2D eigenvalue weighted by atomic mass is 9.53. The number of hydrogen-bond acceptors (Lipinski definition) is 5. The Hall–Kier alpha value is -0.460. The molecule has 5 rings (SSSR count).